The van der Waals surface area contributed by atoms with Crippen molar-refractivity contribution >= 4 is 11.6 Å². The smallest absolute Gasteiger partial charge is 0.0594 e. The van der Waals surface area contributed by atoms with Crippen LogP contribution in [0, 0.1) is 0 Å². The van der Waals surface area contributed by atoms with Gasteiger partial charge in [-0.2, -0.15) is 0 Å². The molecule has 16 heavy (non-hydrogen) atoms. The van der Waals surface area contributed by atoms with E-state index in [2.05, 4.69) is 18.3 Å². The van der Waals surface area contributed by atoms with E-state index in [1.54, 1.807) is 0 Å². The van der Waals surface area contributed by atoms with E-state index in [1.807, 2.05) is 32.0 Å². The number of hydrogen-bond donors (Lipinski definition) is 1. The maximum atomic E-state index is 5.94. The molecule has 1 rings (SSSR count). The molecule has 3 heteroatoms. The minimum absolute atomic E-state index is 0.295. The zero-order chi connectivity index (χ0) is 12.0. The Balaban J connectivity index is 2.32. The molecule has 0 aliphatic heterocycles. The predicted octanol–water partition coefficient (Wildman–Crippen LogP) is 3.42. The Labute approximate surface area is 103 Å². The molecule has 1 atom stereocenters. The van der Waals surface area contributed by atoms with E-state index in [4.69, 9.17) is 16.3 Å². The van der Waals surface area contributed by atoms with Crippen molar-refractivity contribution in [2.24, 2.45) is 0 Å². The molecule has 0 unspecified atom stereocenters. The first-order chi connectivity index (χ1) is 7.59. The maximum absolute atomic E-state index is 5.94. The summed E-state index contributed by atoms with van der Waals surface area (Å²) >= 11 is 5.94. The Morgan fingerprint density at radius 2 is 2.06 bits per heavy atom. The number of rotatable bonds is 6. The molecule has 90 valence electrons. The van der Waals surface area contributed by atoms with Crippen molar-refractivity contribution in [1.82, 2.24) is 5.32 Å². The molecule has 0 saturated heterocycles. The normalized spacial score (nSPS) is 13.1. The number of nitrogens with one attached hydrogen (secondary N) is 1. The molecular formula is C13H20ClNO. The minimum atomic E-state index is 0.295. The SMILES string of the molecule is CC(C)OCCN[C@H](C)c1cccc(Cl)c1. The lowest BCUT2D eigenvalue weighted by molar-refractivity contribution is 0.0796. The fourth-order valence-corrected chi connectivity index (χ4v) is 1.66. The van der Waals surface area contributed by atoms with Crippen LogP contribution in [-0.2, 0) is 4.74 Å². The van der Waals surface area contributed by atoms with Crippen LogP contribution < -0.4 is 5.32 Å². The summed E-state index contributed by atoms with van der Waals surface area (Å²) in [4.78, 5) is 0. The van der Waals surface area contributed by atoms with Crippen molar-refractivity contribution in [3.63, 3.8) is 0 Å². The summed E-state index contributed by atoms with van der Waals surface area (Å²) in [5.41, 5.74) is 1.21. The van der Waals surface area contributed by atoms with E-state index in [0.29, 0.717) is 12.1 Å². The van der Waals surface area contributed by atoms with E-state index in [-0.39, 0.29) is 0 Å². The van der Waals surface area contributed by atoms with Gasteiger partial charge in [0.25, 0.3) is 0 Å². The van der Waals surface area contributed by atoms with Gasteiger partial charge in [-0.15, -0.1) is 0 Å². The first kappa shape index (κ1) is 13.5. The van der Waals surface area contributed by atoms with Crippen LogP contribution in [0.25, 0.3) is 0 Å². The third-order valence-corrected chi connectivity index (χ3v) is 2.59. The number of hydrogen-bond acceptors (Lipinski definition) is 2. The maximum Gasteiger partial charge on any atom is 0.0594 e. The first-order valence-corrected chi connectivity index (χ1v) is 6.08. The summed E-state index contributed by atoms with van der Waals surface area (Å²) in [6.07, 6.45) is 0.295. The molecule has 1 N–H and O–H groups in total. The highest BCUT2D eigenvalue weighted by molar-refractivity contribution is 6.30. The number of benzene rings is 1. The highest BCUT2D eigenvalue weighted by atomic mass is 35.5. The molecule has 0 radical (unpaired) electrons. The van der Waals surface area contributed by atoms with Crippen LogP contribution in [0.15, 0.2) is 24.3 Å². The van der Waals surface area contributed by atoms with Gasteiger partial charge < -0.3 is 10.1 Å². The van der Waals surface area contributed by atoms with Crippen LogP contribution in [0.3, 0.4) is 0 Å². The van der Waals surface area contributed by atoms with Gasteiger partial charge in [0.2, 0.25) is 0 Å². The van der Waals surface area contributed by atoms with Crippen molar-refractivity contribution in [2.45, 2.75) is 32.9 Å². The largest absolute Gasteiger partial charge is 0.377 e. The van der Waals surface area contributed by atoms with Crippen molar-refractivity contribution in [3.05, 3.63) is 34.9 Å². The second kappa shape index (κ2) is 6.89. The molecule has 0 spiro atoms. The molecule has 1 aromatic carbocycles. The highest BCUT2D eigenvalue weighted by Crippen LogP contribution is 2.16. The van der Waals surface area contributed by atoms with Crippen LogP contribution in [0.1, 0.15) is 32.4 Å². The van der Waals surface area contributed by atoms with Gasteiger partial charge in [-0.3, -0.25) is 0 Å². The van der Waals surface area contributed by atoms with Crippen LogP contribution >= 0.6 is 11.6 Å². The summed E-state index contributed by atoms with van der Waals surface area (Å²) in [6, 6.07) is 8.23. The van der Waals surface area contributed by atoms with Crippen molar-refractivity contribution in [3.8, 4) is 0 Å². The highest BCUT2D eigenvalue weighted by Gasteiger charge is 2.04. The second-order valence-corrected chi connectivity index (χ2v) is 4.59. The lowest BCUT2D eigenvalue weighted by atomic mass is 10.1. The van der Waals surface area contributed by atoms with E-state index in [0.717, 1.165) is 18.2 Å². The second-order valence-electron chi connectivity index (χ2n) is 4.15. The summed E-state index contributed by atoms with van der Waals surface area (Å²) in [6.45, 7) is 7.80. The molecule has 2 nitrogen and oxygen atoms in total. The molecule has 0 aliphatic carbocycles. The van der Waals surface area contributed by atoms with Crippen molar-refractivity contribution in [1.29, 1.82) is 0 Å². The summed E-state index contributed by atoms with van der Waals surface area (Å²) in [5.74, 6) is 0. The van der Waals surface area contributed by atoms with Crippen LogP contribution in [-0.4, -0.2) is 19.3 Å². The molecule has 0 aromatic heterocycles. The Morgan fingerprint density at radius 3 is 2.69 bits per heavy atom. The van der Waals surface area contributed by atoms with Crippen LogP contribution in [0.5, 0.6) is 0 Å². The van der Waals surface area contributed by atoms with Gasteiger partial charge in [0.1, 0.15) is 0 Å². The monoisotopic (exact) mass is 241 g/mol. The van der Waals surface area contributed by atoms with Crippen LogP contribution in [0.4, 0.5) is 0 Å². The molecule has 0 bridgehead atoms. The first-order valence-electron chi connectivity index (χ1n) is 5.70. The zero-order valence-corrected chi connectivity index (χ0v) is 10.9. The van der Waals surface area contributed by atoms with E-state index in [1.165, 1.54) is 5.56 Å². The quantitative estimate of drug-likeness (QED) is 0.771. The molecule has 0 fully saturated rings. The van der Waals surface area contributed by atoms with Crippen LogP contribution in [0.2, 0.25) is 5.02 Å². The Kier molecular flexibility index (Phi) is 5.81. The van der Waals surface area contributed by atoms with Crippen molar-refractivity contribution < 1.29 is 4.74 Å². The predicted molar refractivity (Wildman–Crippen MR) is 69.0 cm³/mol. The third-order valence-electron chi connectivity index (χ3n) is 2.35. The molecule has 1 aromatic rings. The van der Waals surface area contributed by atoms with Gasteiger partial charge in [-0.05, 0) is 38.5 Å². The van der Waals surface area contributed by atoms with Gasteiger partial charge in [-0.25, -0.2) is 0 Å². The minimum Gasteiger partial charge on any atom is -0.377 e. The number of halogens is 1. The molecule has 0 amide bonds. The lowest BCUT2D eigenvalue weighted by Gasteiger charge is -2.15. The van der Waals surface area contributed by atoms with E-state index >= 15 is 0 Å². The van der Waals surface area contributed by atoms with E-state index < -0.39 is 0 Å². The van der Waals surface area contributed by atoms with Gasteiger partial charge in [-0.1, -0.05) is 23.7 Å². The molecule has 0 aliphatic rings. The Bertz CT molecular complexity index is 315. The van der Waals surface area contributed by atoms with Crippen molar-refractivity contribution in [2.75, 3.05) is 13.2 Å². The standard InChI is InChI=1S/C13H20ClNO/c1-10(2)16-8-7-15-11(3)12-5-4-6-13(14)9-12/h4-6,9-11,15H,7-8H2,1-3H3/t11-/m1/s1. The Hall–Kier alpha value is -0.570. The average molecular weight is 242 g/mol. The summed E-state index contributed by atoms with van der Waals surface area (Å²) in [5, 5.41) is 4.18. The summed E-state index contributed by atoms with van der Waals surface area (Å²) < 4.78 is 5.46. The average Bonchev–Trinajstić information content (AvgIpc) is 2.24. The molecule has 0 heterocycles. The van der Waals surface area contributed by atoms with Gasteiger partial charge in [0.05, 0.1) is 12.7 Å². The van der Waals surface area contributed by atoms with E-state index in [9.17, 15) is 0 Å². The van der Waals surface area contributed by atoms with Gasteiger partial charge in [0.15, 0.2) is 0 Å². The fraction of sp³-hybridized carbons (Fsp3) is 0.538. The van der Waals surface area contributed by atoms with Gasteiger partial charge >= 0.3 is 0 Å². The summed E-state index contributed by atoms with van der Waals surface area (Å²) in [7, 11) is 0. The topological polar surface area (TPSA) is 21.3 Å². The molecule has 0 saturated carbocycles. The Morgan fingerprint density at radius 1 is 1.31 bits per heavy atom. The third kappa shape index (κ3) is 4.97. The zero-order valence-electron chi connectivity index (χ0n) is 10.2. The lowest BCUT2D eigenvalue weighted by Crippen LogP contribution is -2.24. The number of ether oxygens (including phenoxy) is 1. The van der Waals surface area contributed by atoms with Gasteiger partial charge in [0, 0.05) is 17.6 Å². The fourth-order valence-electron chi connectivity index (χ4n) is 1.46. The molecular weight excluding hydrogens is 222 g/mol.